The second-order valence-corrected chi connectivity index (χ2v) is 4.79. The maximum atomic E-state index is 11.7. The van der Waals surface area contributed by atoms with Crippen molar-refractivity contribution in [2.75, 3.05) is 12.4 Å². The van der Waals surface area contributed by atoms with E-state index in [1.165, 1.54) is 0 Å². The normalized spacial score (nSPS) is 10.3. The predicted octanol–water partition coefficient (Wildman–Crippen LogP) is 2.37. The van der Waals surface area contributed by atoms with Crippen LogP contribution in [0.15, 0.2) is 36.4 Å². The lowest BCUT2D eigenvalue weighted by Gasteiger charge is -2.08. The molecule has 6 nitrogen and oxygen atoms in total. The Bertz CT molecular complexity index is 594. The summed E-state index contributed by atoms with van der Waals surface area (Å²) < 4.78 is 5.09. The molecule has 0 aliphatic rings. The van der Waals surface area contributed by atoms with E-state index in [1.54, 1.807) is 19.2 Å². The van der Waals surface area contributed by atoms with Gasteiger partial charge in [-0.05, 0) is 50.2 Å². The van der Waals surface area contributed by atoms with E-state index in [1.807, 2.05) is 38.1 Å². The molecule has 1 heterocycles. The number of hydrogen-bond acceptors (Lipinski definition) is 5. The monoisotopic (exact) mass is 286 g/mol. The largest absolute Gasteiger partial charge is 0.497 e. The van der Waals surface area contributed by atoms with E-state index in [-0.39, 0.29) is 11.9 Å². The fourth-order valence-electron chi connectivity index (χ4n) is 1.68. The average Bonchev–Trinajstić information content (AvgIpc) is 2.48. The molecule has 0 saturated carbocycles. The molecule has 2 rings (SSSR count). The smallest absolute Gasteiger partial charge is 0.271 e. The molecule has 1 aromatic heterocycles. The predicted molar refractivity (Wildman–Crippen MR) is 80.9 cm³/mol. The van der Waals surface area contributed by atoms with Crippen molar-refractivity contribution in [1.82, 2.24) is 15.5 Å². The number of amides is 1. The molecule has 0 fully saturated rings. The fraction of sp³-hybridized carbons (Fsp3) is 0.267. The number of aromatic nitrogens is 2. The zero-order chi connectivity index (χ0) is 15.2. The number of benzene rings is 1. The number of nitrogens with one attached hydrogen (secondary N) is 2. The van der Waals surface area contributed by atoms with Crippen molar-refractivity contribution in [2.45, 2.75) is 19.9 Å². The molecule has 2 N–H and O–H groups in total. The molecule has 6 heteroatoms. The summed E-state index contributed by atoms with van der Waals surface area (Å²) in [4.78, 5) is 11.7. The van der Waals surface area contributed by atoms with Crippen molar-refractivity contribution in [3.8, 4) is 5.75 Å². The average molecular weight is 286 g/mol. The lowest BCUT2D eigenvalue weighted by Crippen LogP contribution is -2.30. The molecule has 0 bridgehead atoms. The highest BCUT2D eigenvalue weighted by Gasteiger charge is 2.09. The molecule has 2 aromatic rings. The Labute approximate surface area is 123 Å². The maximum absolute atomic E-state index is 11.7. The van der Waals surface area contributed by atoms with E-state index in [2.05, 4.69) is 20.8 Å². The number of methoxy groups -OCH3 is 1. The Morgan fingerprint density at radius 3 is 2.33 bits per heavy atom. The maximum Gasteiger partial charge on any atom is 0.271 e. The Morgan fingerprint density at radius 1 is 1.10 bits per heavy atom. The van der Waals surface area contributed by atoms with E-state index in [0.717, 1.165) is 11.4 Å². The summed E-state index contributed by atoms with van der Waals surface area (Å²) >= 11 is 0. The van der Waals surface area contributed by atoms with Gasteiger partial charge in [-0.3, -0.25) is 4.79 Å². The first-order valence-corrected chi connectivity index (χ1v) is 6.64. The minimum atomic E-state index is -0.228. The number of carbonyl (C=O) groups excluding carboxylic acids is 1. The molecule has 0 saturated heterocycles. The first kappa shape index (κ1) is 14.8. The van der Waals surface area contributed by atoms with Crippen LogP contribution in [0.3, 0.4) is 0 Å². The van der Waals surface area contributed by atoms with Crippen LogP contribution in [0.5, 0.6) is 5.75 Å². The molecule has 0 radical (unpaired) electrons. The van der Waals surface area contributed by atoms with Crippen LogP contribution in [0.2, 0.25) is 0 Å². The highest BCUT2D eigenvalue weighted by atomic mass is 16.5. The van der Waals surface area contributed by atoms with Crippen LogP contribution in [-0.2, 0) is 0 Å². The molecular formula is C15H18N4O2. The van der Waals surface area contributed by atoms with Gasteiger partial charge < -0.3 is 15.4 Å². The van der Waals surface area contributed by atoms with Gasteiger partial charge in [-0.2, -0.15) is 0 Å². The van der Waals surface area contributed by atoms with Gasteiger partial charge in [0, 0.05) is 11.7 Å². The van der Waals surface area contributed by atoms with Gasteiger partial charge in [-0.1, -0.05) is 0 Å². The molecule has 0 aliphatic carbocycles. The van der Waals surface area contributed by atoms with Crippen LogP contribution in [0, 0.1) is 0 Å². The molecule has 1 aromatic carbocycles. The van der Waals surface area contributed by atoms with Crippen LogP contribution in [0.25, 0.3) is 0 Å². The van der Waals surface area contributed by atoms with Gasteiger partial charge in [0.05, 0.1) is 7.11 Å². The molecule has 0 unspecified atom stereocenters. The van der Waals surface area contributed by atoms with E-state index >= 15 is 0 Å². The van der Waals surface area contributed by atoms with Crippen molar-refractivity contribution in [2.24, 2.45) is 0 Å². The Hall–Kier alpha value is -2.63. The van der Waals surface area contributed by atoms with Gasteiger partial charge in [0.1, 0.15) is 5.75 Å². The summed E-state index contributed by atoms with van der Waals surface area (Å²) in [6.45, 7) is 3.79. The molecule has 1 amide bonds. The van der Waals surface area contributed by atoms with E-state index in [0.29, 0.717) is 11.5 Å². The molecule has 0 atom stereocenters. The van der Waals surface area contributed by atoms with Crippen LogP contribution < -0.4 is 15.4 Å². The molecule has 110 valence electrons. The Balaban J connectivity index is 2.03. The number of rotatable bonds is 5. The Morgan fingerprint density at radius 2 is 1.81 bits per heavy atom. The van der Waals surface area contributed by atoms with E-state index in [4.69, 9.17) is 4.74 Å². The highest BCUT2D eigenvalue weighted by molar-refractivity contribution is 5.92. The van der Waals surface area contributed by atoms with Crippen molar-refractivity contribution in [3.63, 3.8) is 0 Å². The second-order valence-electron chi connectivity index (χ2n) is 4.79. The SMILES string of the molecule is COc1ccc(Nc2ccc(C(=O)NC(C)C)nn2)cc1. The van der Waals surface area contributed by atoms with Crippen molar-refractivity contribution < 1.29 is 9.53 Å². The highest BCUT2D eigenvalue weighted by Crippen LogP contribution is 2.18. The van der Waals surface area contributed by atoms with Crippen molar-refractivity contribution in [3.05, 3.63) is 42.1 Å². The Kier molecular flexibility index (Phi) is 4.71. The number of anilines is 2. The second kappa shape index (κ2) is 6.69. The van der Waals surface area contributed by atoms with Crippen LogP contribution in [0.4, 0.5) is 11.5 Å². The van der Waals surface area contributed by atoms with Crippen molar-refractivity contribution >= 4 is 17.4 Å². The zero-order valence-electron chi connectivity index (χ0n) is 12.3. The van der Waals surface area contributed by atoms with Crippen LogP contribution in [0.1, 0.15) is 24.3 Å². The third kappa shape index (κ3) is 4.17. The van der Waals surface area contributed by atoms with Gasteiger partial charge in [-0.15, -0.1) is 10.2 Å². The van der Waals surface area contributed by atoms with E-state index in [9.17, 15) is 4.79 Å². The third-order valence-corrected chi connectivity index (χ3v) is 2.68. The molecule has 0 spiro atoms. The van der Waals surface area contributed by atoms with Gasteiger partial charge >= 0.3 is 0 Å². The zero-order valence-corrected chi connectivity index (χ0v) is 12.3. The van der Waals surface area contributed by atoms with Gasteiger partial charge in [0.2, 0.25) is 0 Å². The summed E-state index contributed by atoms with van der Waals surface area (Å²) in [5.74, 6) is 1.13. The summed E-state index contributed by atoms with van der Waals surface area (Å²) in [7, 11) is 1.62. The quantitative estimate of drug-likeness (QED) is 0.882. The summed E-state index contributed by atoms with van der Waals surface area (Å²) in [6, 6.07) is 10.9. The van der Waals surface area contributed by atoms with E-state index < -0.39 is 0 Å². The third-order valence-electron chi connectivity index (χ3n) is 2.68. The number of hydrogen-bond donors (Lipinski definition) is 2. The van der Waals surface area contributed by atoms with Crippen molar-refractivity contribution in [1.29, 1.82) is 0 Å². The number of ether oxygens (including phenoxy) is 1. The molecule has 0 aliphatic heterocycles. The fourth-order valence-corrected chi connectivity index (χ4v) is 1.68. The first-order valence-electron chi connectivity index (χ1n) is 6.64. The first-order chi connectivity index (χ1) is 10.1. The lowest BCUT2D eigenvalue weighted by atomic mass is 10.3. The van der Waals surface area contributed by atoms with Gasteiger partial charge in [-0.25, -0.2) is 0 Å². The summed E-state index contributed by atoms with van der Waals surface area (Å²) in [6.07, 6.45) is 0. The van der Waals surface area contributed by atoms with Crippen LogP contribution in [-0.4, -0.2) is 29.3 Å². The summed E-state index contributed by atoms with van der Waals surface area (Å²) in [5, 5.41) is 13.8. The standard InChI is InChI=1S/C15H18N4O2/c1-10(2)16-15(20)13-8-9-14(19-18-13)17-11-4-6-12(21-3)7-5-11/h4-10H,1-3H3,(H,16,20)(H,17,19). The van der Waals surface area contributed by atoms with Gasteiger partial charge in [0.25, 0.3) is 5.91 Å². The summed E-state index contributed by atoms with van der Waals surface area (Å²) in [5.41, 5.74) is 1.16. The minimum absolute atomic E-state index is 0.0661. The van der Waals surface area contributed by atoms with Gasteiger partial charge in [0.15, 0.2) is 11.5 Å². The number of carbonyl (C=O) groups is 1. The number of nitrogens with zero attached hydrogens (tertiary/aromatic N) is 2. The van der Waals surface area contributed by atoms with Crippen LogP contribution >= 0.6 is 0 Å². The molecule has 21 heavy (non-hydrogen) atoms. The topological polar surface area (TPSA) is 76.1 Å². The lowest BCUT2D eigenvalue weighted by molar-refractivity contribution is 0.0937. The molecular weight excluding hydrogens is 268 g/mol. The minimum Gasteiger partial charge on any atom is -0.497 e.